The second-order valence-electron chi connectivity index (χ2n) is 4.78. The van der Waals surface area contributed by atoms with E-state index in [0.717, 1.165) is 12.8 Å². The van der Waals surface area contributed by atoms with Crippen LogP contribution in [0.2, 0.25) is 0 Å². The van der Waals surface area contributed by atoms with Crippen LogP contribution in [-0.4, -0.2) is 44.1 Å². The maximum Gasteiger partial charge on any atom is 0.279 e. The monoisotopic (exact) mass is 304 g/mol. The minimum absolute atomic E-state index is 0.0568. The first kappa shape index (κ1) is 14.9. The molecule has 2 heterocycles. The molecule has 1 aliphatic heterocycles. The Morgan fingerprint density at radius 2 is 2.37 bits per heavy atom. The summed E-state index contributed by atoms with van der Waals surface area (Å²) in [7, 11) is -3.40. The number of hydrogen-bond acceptors (Lipinski definition) is 4. The third-order valence-electron chi connectivity index (χ3n) is 3.32. The largest absolute Gasteiger partial charge is 0.396 e. The van der Waals surface area contributed by atoms with E-state index in [1.54, 1.807) is 11.3 Å². The van der Waals surface area contributed by atoms with Crippen LogP contribution in [0.3, 0.4) is 0 Å². The zero-order valence-electron chi connectivity index (χ0n) is 10.8. The summed E-state index contributed by atoms with van der Waals surface area (Å²) in [5.74, 6) is 0.0719. The Morgan fingerprint density at radius 3 is 3.05 bits per heavy atom. The lowest BCUT2D eigenvalue weighted by atomic mass is 10.0. The molecule has 0 aromatic carbocycles. The van der Waals surface area contributed by atoms with Gasteiger partial charge in [0, 0.05) is 31.1 Å². The summed E-state index contributed by atoms with van der Waals surface area (Å²) in [4.78, 5) is 1.18. The van der Waals surface area contributed by atoms with Crippen LogP contribution in [0.5, 0.6) is 0 Å². The van der Waals surface area contributed by atoms with Gasteiger partial charge in [0.1, 0.15) is 0 Å². The topological polar surface area (TPSA) is 69.6 Å². The molecule has 0 saturated carbocycles. The van der Waals surface area contributed by atoms with Gasteiger partial charge in [0.15, 0.2) is 0 Å². The van der Waals surface area contributed by atoms with Gasteiger partial charge < -0.3 is 5.11 Å². The molecule has 1 saturated heterocycles. The van der Waals surface area contributed by atoms with Gasteiger partial charge in [0.05, 0.1) is 0 Å². The highest BCUT2D eigenvalue weighted by Crippen LogP contribution is 2.18. The summed E-state index contributed by atoms with van der Waals surface area (Å²) in [5, 5.41) is 11.1. The summed E-state index contributed by atoms with van der Waals surface area (Å²) in [6, 6.07) is 3.96. The molecule has 1 atom stereocenters. The predicted molar refractivity (Wildman–Crippen MR) is 76.3 cm³/mol. The van der Waals surface area contributed by atoms with Gasteiger partial charge >= 0.3 is 0 Å². The standard InChI is InChI=1S/C12H20N2O3S2/c15-10-11-3-1-7-14(9-11)19(16,17)13-6-5-12-4-2-8-18-12/h2,4,8,11,13,15H,1,3,5-7,9-10H2. The molecule has 1 aliphatic rings. The Labute approximate surface area is 118 Å². The van der Waals surface area contributed by atoms with Crippen molar-refractivity contribution in [2.75, 3.05) is 26.2 Å². The predicted octanol–water partition coefficient (Wildman–Crippen LogP) is 0.829. The molecule has 0 spiro atoms. The number of rotatable bonds is 6. The number of thiophene rings is 1. The van der Waals surface area contributed by atoms with E-state index < -0.39 is 10.2 Å². The number of hydrogen-bond donors (Lipinski definition) is 2. The molecule has 0 radical (unpaired) electrons. The van der Waals surface area contributed by atoms with Crippen molar-refractivity contribution in [1.82, 2.24) is 9.03 Å². The smallest absolute Gasteiger partial charge is 0.279 e. The minimum atomic E-state index is -3.40. The van der Waals surface area contributed by atoms with E-state index in [4.69, 9.17) is 5.11 Å². The van der Waals surface area contributed by atoms with Crippen LogP contribution in [0, 0.1) is 5.92 Å². The third kappa shape index (κ3) is 4.25. The number of nitrogens with zero attached hydrogens (tertiary/aromatic N) is 1. The first-order valence-electron chi connectivity index (χ1n) is 6.50. The third-order valence-corrected chi connectivity index (χ3v) is 5.83. The van der Waals surface area contributed by atoms with Gasteiger partial charge in [-0.05, 0) is 36.6 Å². The lowest BCUT2D eigenvalue weighted by Gasteiger charge is -2.30. The van der Waals surface area contributed by atoms with Crippen LogP contribution >= 0.6 is 11.3 Å². The summed E-state index contributed by atoms with van der Waals surface area (Å²) in [6.45, 7) is 1.44. The fourth-order valence-electron chi connectivity index (χ4n) is 2.24. The summed E-state index contributed by atoms with van der Waals surface area (Å²) in [5.41, 5.74) is 0. The van der Waals surface area contributed by atoms with E-state index in [-0.39, 0.29) is 12.5 Å². The van der Waals surface area contributed by atoms with E-state index in [0.29, 0.717) is 26.1 Å². The molecule has 2 rings (SSSR count). The molecule has 5 nitrogen and oxygen atoms in total. The fraction of sp³-hybridized carbons (Fsp3) is 0.667. The Kier molecular flexibility index (Phi) is 5.35. The van der Waals surface area contributed by atoms with Crippen LogP contribution in [0.1, 0.15) is 17.7 Å². The normalized spacial score (nSPS) is 21.6. The van der Waals surface area contributed by atoms with Crippen LogP contribution < -0.4 is 4.72 Å². The highest BCUT2D eigenvalue weighted by atomic mass is 32.2. The summed E-state index contributed by atoms with van der Waals surface area (Å²) >= 11 is 1.63. The molecule has 0 amide bonds. The SMILES string of the molecule is O=S(=O)(NCCc1cccs1)N1CCCC(CO)C1. The van der Waals surface area contributed by atoms with Gasteiger partial charge in [-0.25, -0.2) is 4.72 Å². The van der Waals surface area contributed by atoms with Gasteiger partial charge in [0.25, 0.3) is 10.2 Å². The van der Waals surface area contributed by atoms with Crippen molar-refractivity contribution in [3.8, 4) is 0 Å². The van der Waals surface area contributed by atoms with Gasteiger partial charge in [-0.2, -0.15) is 12.7 Å². The number of piperidine rings is 1. The van der Waals surface area contributed by atoms with Crippen molar-refractivity contribution in [1.29, 1.82) is 0 Å². The van der Waals surface area contributed by atoms with Gasteiger partial charge in [-0.15, -0.1) is 11.3 Å². The van der Waals surface area contributed by atoms with Crippen LogP contribution in [0.15, 0.2) is 17.5 Å². The quantitative estimate of drug-likeness (QED) is 0.818. The van der Waals surface area contributed by atoms with E-state index in [9.17, 15) is 8.42 Å². The van der Waals surface area contributed by atoms with Crippen molar-refractivity contribution in [2.45, 2.75) is 19.3 Å². The van der Waals surface area contributed by atoms with Crippen molar-refractivity contribution < 1.29 is 13.5 Å². The highest BCUT2D eigenvalue weighted by Gasteiger charge is 2.27. The van der Waals surface area contributed by atoms with Crippen molar-refractivity contribution in [3.05, 3.63) is 22.4 Å². The Bertz CT molecular complexity index is 473. The maximum absolute atomic E-state index is 12.1. The van der Waals surface area contributed by atoms with Gasteiger partial charge in [-0.3, -0.25) is 0 Å². The lowest BCUT2D eigenvalue weighted by Crippen LogP contribution is -2.47. The highest BCUT2D eigenvalue weighted by molar-refractivity contribution is 7.87. The van der Waals surface area contributed by atoms with Crippen LogP contribution in [-0.2, 0) is 16.6 Å². The molecule has 7 heteroatoms. The van der Waals surface area contributed by atoms with E-state index in [1.807, 2.05) is 17.5 Å². The molecule has 19 heavy (non-hydrogen) atoms. The molecule has 1 aromatic heterocycles. The summed E-state index contributed by atoms with van der Waals surface area (Å²) in [6.07, 6.45) is 2.43. The molecule has 2 N–H and O–H groups in total. The molecule has 1 aromatic rings. The molecule has 1 fully saturated rings. The number of aliphatic hydroxyl groups is 1. The average Bonchev–Trinajstić information content (AvgIpc) is 2.92. The second kappa shape index (κ2) is 6.81. The van der Waals surface area contributed by atoms with Gasteiger partial charge in [0.2, 0.25) is 0 Å². The number of nitrogens with one attached hydrogen (secondary N) is 1. The molecule has 0 aliphatic carbocycles. The van der Waals surface area contributed by atoms with Gasteiger partial charge in [-0.1, -0.05) is 6.07 Å². The lowest BCUT2D eigenvalue weighted by molar-refractivity contribution is 0.165. The molecule has 0 bridgehead atoms. The first-order valence-corrected chi connectivity index (χ1v) is 8.82. The Hall–Kier alpha value is -0.470. The van der Waals surface area contributed by atoms with E-state index in [2.05, 4.69) is 4.72 Å². The van der Waals surface area contributed by atoms with Crippen molar-refractivity contribution in [3.63, 3.8) is 0 Å². The van der Waals surface area contributed by atoms with E-state index in [1.165, 1.54) is 9.18 Å². The maximum atomic E-state index is 12.1. The Balaban J connectivity index is 1.83. The van der Waals surface area contributed by atoms with Crippen molar-refractivity contribution >= 4 is 21.5 Å². The molecular weight excluding hydrogens is 284 g/mol. The molecule has 108 valence electrons. The second-order valence-corrected chi connectivity index (χ2v) is 7.57. The van der Waals surface area contributed by atoms with Crippen molar-refractivity contribution in [2.24, 2.45) is 5.92 Å². The zero-order valence-corrected chi connectivity index (χ0v) is 12.4. The fourth-order valence-corrected chi connectivity index (χ4v) is 4.27. The van der Waals surface area contributed by atoms with E-state index >= 15 is 0 Å². The van der Waals surface area contributed by atoms with Crippen LogP contribution in [0.4, 0.5) is 0 Å². The molecular formula is C12H20N2O3S2. The zero-order chi connectivity index (χ0) is 13.7. The minimum Gasteiger partial charge on any atom is -0.396 e. The number of aliphatic hydroxyl groups excluding tert-OH is 1. The first-order chi connectivity index (χ1) is 9.12. The molecule has 1 unspecified atom stereocenters. The Morgan fingerprint density at radius 1 is 1.53 bits per heavy atom. The average molecular weight is 304 g/mol. The summed E-state index contributed by atoms with van der Waals surface area (Å²) < 4.78 is 28.3. The van der Waals surface area contributed by atoms with Crippen LogP contribution in [0.25, 0.3) is 0 Å².